The van der Waals surface area contributed by atoms with E-state index in [0.717, 1.165) is 47.6 Å². The average molecular weight is 427 g/mol. The van der Waals surface area contributed by atoms with Crippen molar-refractivity contribution in [2.45, 2.75) is 129 Å². The lowest BCUT2D eigenvalue weighted by Gasteiger charge is -2.42. The van der Waals surface area contributed by atoms with E-state index in [9.17, 15) is 0 Å². The lowest BCUT2D eigenvalue weighted by Crippen LogP contribution is -2.31. The summed E-state index contributed by atoms with van der Waals surface area (Å²) in [5.41, 5.74) is 3.49. The molecule has 0 aliphatic heterocycles. The molecule has 174 valence electrons. The first kappa shape index (κ1) is 23.3. The minimum absolute atomic E-state index is 0.196. The van der Waals surface area contributed by atoms with Gasteiger partial charge in [0.15, 0.2) is 0 Å². The number of rotatable bonds is 9. The van der Waals surface area contributed by atoms with Crippen LogP contribution >= 0.6 is 0 Å². The van der Waals surface area contributed by atoms with Crippen LogP contribution in [0.1, 0.15) is 133 Å². The Labute approximate surface area is 191 Å². The molecule has 0 bridgehead atoms. The molecule has 0 nitrogen and oxygen atoms in total. The molecule has 0 radical (unpaired) electrons. The lowest BCUT2D eigenvalue weighted by atomic mass is 9.63. The smallest absolute Gasteiger partial charge is 0.130 e. The van der Waals surface area contributed by atoms with Crippen molar-refractivity contribution in [1.82, 2.24) is 0 Å². The van der Waals surface area contributed by atoms with Crippen LogP contribution in [0.15, 0.2) is 12.1 Å². The molecular weight excluding hydrogens is 379 g/mol. The van der Waals surface area contributed by atoms with Gasteiger partial charge in [0.1, 0.15) is 5.82 Å². The highest BCUT2D eigenvalue weighted by Crippen LogP contribution is 2.49. The molecule has 4 rings (SSSR count). The lowest BCUT2D eigenvalue weighted by molar-refractivity contribution is 0.112. The van der Waals surface area contributed by atoms with Crippen LogP contribution in [0.4, 0.5) is 4.39 Å². The Morgan fingerprint density at radius 3 is 2.26 bits per heavy atom. The molecule has 0 spiro atoms. The molecule has 0 heterocycles. The molecule has 31 heavy (non-hydrogen) atoms. The molecule has 0 aromatic heterocycles. The van der Waals surface area contributed by atoms with Crippen LogP contribution in [0.5, 0.6) is 0 Å². The summed E-state index contributed by atoms with van der Waals surface area (Å²) in [6.45, 7) is 4.59. The van der Waals surface area contributed by atoms with E-state index in [-0.39, 0.29) is 5.82 Å². The summed E-state index contributed by atoms with van der Waals surface area (Å²) in [6, 6.07) is 4.51. The Kier molecular flexibility index (Phi) is 8.52. The number of hydrogen-bond acceptors (Lipinski definition) is 0. The van der Waals surface area contributed by atoms with Crippen LogP contribution in [0.2, 0.25) is 0 Å². The van der Waals surface area contributed by atoms with Gasteiger partial charge in [-0.3, -0.25) is 0 Å². The Hall–Kier alpha value is -0.850. The first-order chi connectivity index (χ1) is 15.2. The van der Waals surface area contributed by atoms with Gasteiger partial charge >= 0.3 is 0 Å². The summed E-state index contributed by atoms with van der Waals surface area (Å²) in [7, 11) is 0. The fourth-order valence-electron chi connectivity index (χ4n) is 7.36. The second kappa shape index (κ2) is 11.3. The summed E-state index contributed by atoms with van der Waals surface area (Å²) < 4.78 is 15.6. The summed E-state index contributed by atoms with van der Waals surface area (Å²) in [6.07, 6.45) is 22.4. The molecule has 0 saturated heterocycles. The average Bonchev–Trinajstić information content (AvgIpc) is 2.79. The van der Waals surface area contributed by atoms with Crippen molar-refractivity contribution in [3.63, 3.8) is 0 Å². The zero-order chi connectivity index (χ0) is 21.6. The minimum atomic E-state index is 0.196. The predicted octanol–water partition coefficient (Wildman–Crippen LogP) is 9.39. The van der Waals surface area contributed by atoms with E-state index in [1.54, 1.807) is 0 Å². The van der Waals surface area contributed by atoms with Gasteiger partial charge in [-0.2, -0.15) is 0 Å². The molecule has 0 amide bonds. The summed E-state index contributed by atoms with van der Waals surface area (Å²) >= 11 is 0. The molecule has 5 atom stereocenters. The van der Waals surface area contributed by atoms with Crippen LogP contribution in [0.3, 0.4) is 0 Å². The highest BCUT2D eigenvalue weighted by Gasteiger charge is 2.37. The van der Waals surface area contributed by atoms with E-state index in [2.05, 4.69) is 26.0 Å². The van der Waals surface area contributed by atoms with Gasteiger partial charge in [0.2, 0.25) is 0 Å². The van der Waals surface area contributed by atoms with Gasteiger partial charge in [-0.05, 0) is 97.6 Å². The van der Waals surface area contributed by atoms with Crippen molar-refractivity contribution < 1.29 is 4.39 Å². The third-order valence-corrected chi connectivity index (χ3v) is 9.27. The van der Waals surface area contributed by atoms with Gasteiger partial charge in [0.05, 0.1) is 0 Å². The molecule has 1 aromatic carbocycles. The van der Waals surface area contributed by atoms with E-state index >= 15 is 4.39 Å². The molecule has 3 aliphatic rings. The van der Waals surface area contributed by atoms with E-state index in [1.165, 1.54) is 102 Å². The van der Waals surface area contributed by atoms with E-state index in [0.29, 0.717) is 5.92 Å². The van der Waals surface area contributed by atoms with Crippen LogP contribution < -0.4 is 0 Å². The third kappa shape index (κ3) is 5.75. The summed E-state index contributed by atoms with van der Waals surface area (Å²) in [4.78, 5) is 0. The maximum absolute atomic E-state index is 15.6. The van der Waals surface area contributed by atoms with Crippen molar-refractivity contribution in [2.24, 2.45) is 23.7 Å². The SMILES string of the molecule is CCCCCC1CCc2c(ccc(C3CCC4CC(CCCCC)CCC4C3)c2F)C1. The number of halogens is 1. The maximum atomic E-state index is 15.6. The zero-order valence-electron chi connectivity index (χ0n) is 20.4. The van der Waals surface area contributed by atoms with Crippen molar-refractivity contribution in [3.05, 3.63) is 34.6 Å². The van der Waals surface area contributed by atoms with Gasteiger partial charge in [0.25, 0.3) is 0 Å². The maximum Gasteiger partial charge on any atom is 0.130 e. The molecular formula is C30H47F. The fourth-order valence-corrected chi connectivity index (χ4v) is 7.36. The number of fused-ring (bicyclic) bond motifs is 2. The first-order valence-corrected chi connectivity index (χ1v) is 14.0. The molecule has 2 saturated carbocycles. The second-order valence-corrected chi connectivity index (χ2v) is 11.4. The van der Waals surface area contributed by atoms with Gasteiger partial charge in [0, 0.05) is 0 Å². The zero-order valence-corrected chi connectivity index (χ0v) is 20.4. The van der Waals surface area contributed by atoms with Crippen molar-refractivity contribution in [1.29, 1.82) is 0 Å². The minimum Gasteiger partial charge on any atom is -0.206 e. The van der Waals surface area contributed by atoms with Crippen molar-refractivity contribution >= 4 is 0 Å². The third-order valence-electron chi connectivity index (χ3n) is 9.27. The van der Waals surface area contributed by atoms with Crippen LogP contribution in [0, 0.1) is 29.5 Å². The Morgan fingerprint density at radius 1 is 0.774 bits per heavy atom. The Balaban J connectivity index is 1.34. The summed E-state index contributed by atoms with van der Waals surface area (Å²) in [5.74, 6) is 4.23. The quantitative estimate of drug-likeness (QED) is 0.345. The van der Waals surface area contributed by atoms with Crippen LogP contribution in [-0.2, 0) is 12.8 Å². The van der Waals surface area contributed by atoms with Gasteiger partial charge < -0.3 is 0 Å². The Bertz CT molecular complexity index is 692. The highest BCUT2D eigenvalue weighted by atomic mass is 19.1. The number of hydrogen-bond donors (Lipinski definition) is 0. The number of benzene rings is 1. The fraction of sp³-hybridized carbons (Fsp3) is 0.800. The molecule has 1 heteroatoms. The first-order valence-electron chi connectivity index (χ1n) is 14.0. The standard InChI is InChI=1S/C30H47F/c1-3-5-7-9-22-11-13-25-21-27(15-14-24(25)19-22)29-18-16-26-20-23(10-8-6-4-2)12-17-28(26)30(29)31/h16,18,22-25,27H,3-15,17,19-21H2,1-2H3. The predicted molar refractivity (Wildman–Crippen MR) is 131 cm³/mol. The van der Waals surface area contributed by atoms with Crippen LogP contribution in [-0.4, -0.2) is 0 Å². The van der Waals surface area contributed by atoms with E-state index in [1.807, 2.05) is 0 Å². The highest BCUT2D eigenvalue weighted by molar-refractivity contribution is 5.38. The van der Waals surface area contributed by atoms with E-state index in [4.69, 9.17) is 0 Å². The molecule has 1 aromatic rings. The van der Waals surface area contributed by atoms with Gasteiger partial charge in [-0.25, -0.2) is 4.39 Å². The molecule has 0 N–H and O–H groups in total. The summed E-state index contributed by atoms with van der Waals surface area (Å²) in [5, 5.41) is 0. The topological polar surface area (TPSA) is 0 Å². The van der Waals surface area contributed by atoms with Crippen molar-refractivity contribution in [2.75, 3.05) is 0 Å². The molecule has 3 aliphatic carbocycles. The van der Waals surface area contributed by atoms with Crippen LogP contribution in [0.25, 0.3) is 0 Å². The number of unbranched alkanes of at least 4 members (excludes halogenated alkanes) is 4. The monoisotopic (exact) mass is 426 g/mol. The van der Waals surface area contributed by atoms with Gasteiger partial charge in [-0.1, -0.05) is 83.8 Å². The largest absolute Gasteiger partial charge is 0.206 e. The Morgan fingerprint density at radius 2 is 1.48 bits per heavy atom. The molecule has 2 fully saturated rings. The normalized spacial score (nSPS) is 30.6. The molecule has 5 unspecified atom stereocenters. The van der Waals surface area contributed by atoms with Gasteiger partial charge in [-0.15, -0.1) is 0 Å². The van der Waals surface area contributed by atoms with Crippen molar-refractivity contribution in [3.8, 4) is 0 Å². The van der Waals surface area contributed by atoms with E-state index < -0.39 is 0 Å². The second-order valence-electron chi connectivity index (χ2n) is 11.4.